The number of rotatable bonds is 11. The Morgan fingerprint density at radius 3 is 1.36 bits per heavy atom. The van der Waals surface area contributed by atoms with E-state index in [9.17, 15) is 71.0 Å². The van der Waals surface area contributed by atoms with Gasteiger partial charge in [-0.2, -0.15) is 65.9 Å². The van der Waals surface area contributed by atoms with Crippen LogP contribution < -0.4 is 4.74 Å². The molecule has 0 amide bonds. The molecule has 0 aromatic heterocycles. The molecule has 220 valence electrons. The fourth-order valence-electron chi connectivity index (χ4n) is 2.49. The average Bonchev–Trinajstić information content (AvgIpc) is 2.76. The summed E-state index contributed by atoms with van der Waals surface area (Å²) in [5.74, 6) is -16.3. The Bertz CT molecular complexity index is 1110. The molecule has 0 saturated carbocycles. The first kappa shape index (κ1) is 32.1. The molecule has 0 heterocycles. The Hall–Kier alpha value is -3.09. The summed E-state index contributed by atoms with van der Waals surface area (Å²) in [5, 5.41) is 9.22. The van der Waals surface area contributed by atoms with Crippen LogP contribution in [-0.4, -0.2) is 54.2 Å². The Morgan fingerprint density at radius 1 is 0.513 bits per heavy atom. The summed E-state index contributed by atoms with van der Waals surface area (Å²) >= 11 is 0. The van der Waals surface area contributed by atoms with Crippen molar-refractivity contribution in [3.63, 3.8) is 0 Å². The van der Waals surface area contributed by atoms with Crippen LogP contribution in [0.1, 0.15) is 0 Å². The molecule has 4 nitrogen and oxygen atoms in total. The third-order valence-electron chi connectivity index (χ3n) is 4.45. The van der Waals surface area contributed by atoms with Crippen LogP contribution in [0, 0.1) is 0 Å². The molecule has 0 unspecified atom stereocenters. The molecule has 0 bridgehead atoms. The Morgan fingerprint density at radius 2 is 0.923 bits per heavy atom. The van der Waals surface area contributed by atoms with Gasteiger partial charge in [-0.3, -0.25) is 0 Å². The van der Waals surface area contributed by atoms with Crippen LogP contribution in [0.15, 0.2) is 48.5 Å². The lowest BCUT2D eigenvalue weighted by molar-refractivity contribution is -0.542. The van der Waals surface area contributed by atoms with Gasteiger partial charge >= 0.3 is 42.5 Å². The van der Waals surface area contributed by atoms with Gasteiger partial charge in [0.05, 0.1) is 0 Å². The predicted octanol–water partition coefficient (Wildman–Crippen LogP) is 7.68. The molecule has 2 aromatic rings. The van der Waals surface area contributed by atoms with E-state index in [4.69, 9.17) is 0 Å². The monoisotopic (exact) mass is 600 g/mol. The van der Waals surface area contributed by atoms with Crippen LogP contribution in [0.3, 0.4) is 0 Å². The number of benzene rings is 2. The van der Waals surface area contributed by atoms with Crippen LogP contribution in [0.2, 0.25) is 0 Å². The van der Waals surface area contributed by atoms with Gasteiger partial charge in [-0.25, -0.2) is 9.47 Å². The van der Waals surface area contributed by atoms with Crippen LogP contribution in [0.5, 0.6) is 11.5 Å². The highest BCUT2D eigenvalue weighted by molar-refractivity contribution is 5.64. The molecule has 0 fully saturated rings. The highest BCUT2D eigenvalue weighted by Crippen LogP contribution is 2.56. The van der Waals surface area contributed by atoms with E-state index in [-0.39, 0.29) is 5.75 Å². The van der Waals surface area contributed by atoms with Crippen molar-refractivity contribution in [2.45, 2.75) is 42.5 Å². The Labute approximate surface area is 206 Å². The highest BCUT2D eigenvalue weighted by Gasteiger charge is 2.85. The zero-order valence-electron chi connectivity index (χ0n) is 18.2. The quantitative estimate of drug-likeness (QED) is 0.269. The molecule has 0 saturated heterocycles. The number of alkyl halides is 15. The minimum Gasteiger partial charge on any atom is -0.508 e. The van der Waals surface area contributed by atoms with Gasteiger partial charge in [0.1, 0.15) is 11.5 Å². The molecule has 39 heavy (non-hydrogen) atoms. The van der Waals surface area contributed by atoms with Crippen molar-refractivity contribution in [2.75, 3.05) is 6.61 Å². The van der Waals surface area contributed by atoms with Gasteiger partial charge in [0.2, 0.25) is 0 Å². The molecule has 19 heteroatoms. The van der Waals surface area contributed by atoms with E-state index < -0.39 is 54.8 Å². The van der Waals surface area contributed by atoms with Gasteiger partial charge in [-0.15, -0.1) is 0 Å². The second kappa shape index (κ2) is 10.1. The molecule has 1 N–H and O–H groups in total. The minimum absolute atomic E-state index is 0.0922. The van der Waals surface area contributed by atoms with Crippen LogP contribution in [0.4, 0.5) is 65.9 Å². The molecular formula is C20H11F15O4. The lowest BCUT2D eigenvalue weighted by atomic mass is 10.1. The molecule has 0 radical (unpaired) electrons. The minimum atomic E-state index is -7.92. The van der Waals surface area contributed by atoms with Gasteiger partial charge < -0.3 is 9.84 Å². The van der Waals surface area contributed by atoms with Crippen molar-refractivity contribution in [2.24, 2.45) is 0 Å². The number of ether oxygens (including phenoxy) is 3. The first-order chi connectivity index (χ1) is 17.4. The molecule has 0 aliphatic rings. The number of hydrogen-bond donors (Lipinski definition) is 1. The zero-order chi connectivity index (χ0) is 30.3. The largest absolute Gasteiger partial charge is 0.508 e. The molecular weight excluding hydrogens is 589 g/mol. The molecule has 0 aliphatic heterocycles. The van der Waals surface area contributed by atoms with Crippen molar-refractivity contribution >= 4 is 0 Å². The van der Waals surface area contributed by atoms with Crippen molar-refractivity contribution in [3.8, 4) is 22.6 Å². The summed E-state index contributed by atoms with van der Waals surface area (Å²) in [6.07, 6.45) is -35.1. The van der Waals surface area contributed by atoms with E-state index in [1.54, 1.807) is 4.74 Å². The number of halogens is 15. The number of hydrogen-bond acceptors (Lipinski definition) is 4. The van der Waals surface area contributed by atoms with Crippen molar-refractivity contribution < 1.29 is 85.2 Å². The standard InChI is InChI=1S/C20H11F15O4/c21-14(22,9-37-13-7-3-11(4-8-13)10-1-5-12(36)6-2-10)38-19(32,33)20(34,35)39-18(30,31)16(25,26)15(23,24)17(27,28)29/h1-8,36H,9H2. The third kappa shape index (κ3) is 6.74. The average molecular weight is 600 g/mol. The highest BCUT2D eigenvalue weighted by atomic mass is 19.4. The van der Waals surface area contributed by atoms with Gasteiger partial charge in [0, 0.05) is 0 Å². The maximum absolute atomic E-state index is 13.7. The van der Waals surface area contributed by atoms with Crippen LogP contribution in [0.25, 0.3) is 11.1 Å². The third-order valence-corrected chi connectivity index (χ3v) is 4.45. The van der Waals surface area contributed by atoms with Crippen molar-refractivity contribution in [1.29, 1.82) is 0 Å². The van der Waals surface area contributed by atoms with Gasteiger partial charge in [-0.1, -0.05) is 24.3 Å². The molecule has 0 atom stereocenters. The predicted molar refractivity (Wildman–Crippen MR) is 96.9 cm³/mol. The smallest absolute Gasteiger partial charge is 0.460 e. The summed E-state index contributed by atoms with van der Waals surface area (Å²) < 4.78 is 203. The fraction of sp³-hybridized carbons (Fsp3) is 0.400. The first-order valence-corrected chi connectivity index (χ1v) is 9.61. The number of phenolic OH excluding ortho intramolecular Hbond substituents is 1. The summed E-state index contributed by atoms with van der Waals surface area (Å²) in [7, 11) is 0. The lowest BCUT2D eigenvalue weighted by Gasteiger charge is -2.36. The van der Waals surface area contributed by atoms with Gasteiger partial charge in [-0.05, 0) is 35.4 Å². The van der Waals surface area contributed by atoms with E-state index in [0.29, 0.717) is 11.1 Å². The topological polar surface area (TPSA) is 47.9 Å². The Balaban J connectivity index is 2.12. The molecule has 2 aromatic carbocycles. The lowest BCUT2D eigenvalue weighted by Crippen LogP contribution is -2.64. The van der Waals surface area contributed by atoms with Crippen LogP contribution in [-0.2, 0) is 9.47 Å². The number of aromatic hydroxyl groups is 1. The van der Waals surface area contributed by atoms with Crippen molar-refractivity contribution in [3.05, 3.63) is 48.5 Å². The van der Waals surface area contributed by atoms with E-state index >= 15 is 0 Å². The van der Waals surface area contributed by atoms with Crippen molar-refractivity contribution in [1.82, 2.24) is 0 Å². The zero-order valence-corrected chi connectivity index (χ0v) is 18.2. The Kier molecular flexibility index (Phi) is 8.35. The summed E-state index contributed by atoms with van der Waals surface area (Å²) in [6, 6.07) is 9.79. The van der Waals surface area contributed by atoms with E-state index in [2.05, 4.69) is 9.47 Å². The van der Waals surface area contributed by atoms with E-state index in [1.807, 2.05) is 0 Å². The molecule has 2 rings (SSSR count). The fourth-order valence-corrected chi connectivity index (χ4v) is 2.49. The summed E-state index contributed by atoms with van der Waals surface area (Å²) in [5.41, 5.74) is 0.896. The second-order valence-electron chi connectivity index (χ2n) is 7.40. The maximum Gasteiger partial charge on any atom is 0.460 e. The van der Waals surface area contributed by atoms with Crippen LogP contribution >= 0.6 is 0 Å². The normalized spacial score (nSPS) is 14.4. The first-order valence-electron chi connectivity index (χ1n) is 9.61. The molecule has 0 spiro atoms. The van der Waals surface area contributed by atoms with E-state index in [0.717, 1.165) is 12.1 Å². The summed E-state index contributed by atoms with van der Waals surface area (Å²) in [4.78, 5) is 0. The second-order valence-corrected chi connectivity index (χ2v) is 7.40. The maximum atomic E-state index is 13.7. The number of phenols is 1. The SMILES string of the molecule is Oc1ccc(-c2ccc(OCC(F)(F)OC(F)(F)C(F)(F)OC(F)(F)C(F)(F)C(F)(F)C(F)(F)F)cc2)cc1. The summed E-state index contributed by atoms with van der Waals surface area (Å²) in [6.45, 7) is -2.35. The van der Waals surface area contributed by atoms with Gasteiger partial charge in [0.15, 0.2) is 6.61 Å². The van der Waals surface area contributed by atoms with Gasteiger partial charge in [0.25, 0.3) is 0 Å². The van der Waals surface area contributed by atoms with E-state index in [1.165, 1.54) is 36.4 Å². The molecule has 0 aliphatic carbocycles.